The molecule has 15 heavy (non-hydrogen) atoms. The van der Waals surface area contributed by atoms with E-state index >= 15 is 0 Å². The van der Waals surface area contributed by atoms with Gasteiger partial charge in [0.15, 0.2) is 5.75 Å². The van der Waals surface area contributed by atoms with Crippen LogP contribution in [0.25, 0.3) is 0 Å². The Labute approximate surface area is 85.1 Å². The van der Waals surface area contributed by atoms with E-state index < -0.39 is 10.7 Å². The molecule has 0 amide bonds. The maximum absolute atomic E-state index is 13.3. The third kappa shape index (κ3) is 2.09. The fourth-order valence-corrected chi connectivity index (χ4v) is 1.14. The second-order valence-corrected chi connectivity index (χ2v) is 2.89. The number of nitro benzene ring substituents is 1. The van der Waals surface area contributed by atoms with Crippen LogP contribution in [0.4, 0.5) is 10.1 Å². The van der Waals surface area contributed by atoms with Crippen molar-refractivity contribution in [3.05, 3.63) is 33.6 Å². The van der Waals surface area contributed by atoms with Crippen LogP contribution in [-0.4, -0.2) is 17.7 Å². The van der Waals surface area contributed by atoms with E-state index in [0.29, 0.717) is 0 Å². The highest BCUT2D eigenvalue weighted by Crippen LogP contribution is 2.29. The Morgan fingerprint density at radius 2 is 2.20 bits per heavy atom. The van der Waals surface area contributed by atoms with E-state index in [1.54, 1.807) is 0 Å². The highest BCUT2D eigenvalue weighted by Gasteiger charge is 2.19. The van der Waals surface area contributed by atoms with Gasteiger partial charge in [-0.2, -0.15) is 0 Å². The van der Waals surface area contributed by atoms with Crippen LogP contribution in [0.5, 0.6) is 5.75 Å². The molecule has 0 saturated carbocycles. The van der Waals surface area contributed by atoms with Crippen LogP contribution in [0.1, 0.15) is 12.5 Å². The standard InChI is InChI=1S/C9H9FN2O3/c1-5(11)6-3-8(12(13)14)9(15-2)4-7(6)10/h3-4,11H,1-2H3. The predicted octanol–water partition coefficient (Wildman–Crippen LogP) is 2.13. The molecule has 0 aliphatic heterocycles. The van der Waals surface area contributed by atoms with Crippen molar-refractivity contribution < 1.29 is 14.1 Å². The Morgan fingerprint density at radius 3 is 2.60 bits per heavy atom. The van der Waals surface area contributed by atoms with Crippen LogP contribution in [-0.2, 0) is 0 Å². The van der Waals surface area contributed by atoms with E-state index in [0.717, 1.165) is 12.1 Å². The molecule has 5 nitrogen and oxygen atoms in total. The van der Waals surface area contributed by atoms with Gasteiger partial charge in [-0.15, -0.1) is 0 Å². The van der Waals surface area contributed by atoms with Gasteiger partial charge in [-0.25, -0.2) is 4.39 Å². The molecule has 0 aliphatic carbocycles. The number of hydrogen-bond acceptors (Lipinski definition) is 4. The molecule has 1 aromatic rings. The van der Waals surface area contributed by atoms with Gasteiger partial charge in [0.25, 0.3) is 0 Å². The zero-order valence-electron chi connectivity index (χ0n) is 8.20. The van der Waals surface area contributed by atoms with Gasteiger partial charge in [-0.3, -0.25) is 10.1 Å². The number of nitrogens with one attached hydrogen (secondary N) is 1. The van der Waals surface area contributed by atoms with E-state index in [9.17, 15) is 14.5 Å². The van der Waals surface area contributed by atoms with Gasteiger partial charge >= 0.3 is 5.69 Å². The summed E-state index contributed by atoms with van der Waals surface area (Å²) >= 11 is 0. The first kappa shape index (κ1) is 11.1. The summed E-state index contributed by atoms with van der Waals surface area (Å²) in [5.41, 5.74) is -0.513. The van der Waals surface area contributed by atoms with Gasteiger partial charge in [0.2, 0.25) is 0 Å². The zero-order chi connectivity index (χ0) is 11.6. The first-order chi connectivity index (χ1) is 6.97. The number of methoxy groups -OCH3 is 1. The van der Waals surface area contributed by atoms with Crippen molar-refractivity contribution in [3.8, 4) is 5.75 Å². The minimum absolute atomic E-state index is 0.0711. The first-order valence-corrected chi connectivity index (χ1v) is 4.04. The maximum Gasteiger partial charge on any atom is 0.311 e. The van der Waals surface area contributed by atoms with Gasteiger partial charge in [0.05, 0.1) is 12.0 Å². The smallest absolute Gasteiger partial charge is 0.311 e. The van der Waals surface area contributed by atoms with E-state index in [1.807, 2.05) is 0 Å². The summed E-state index contributed by atoms with van der Waals surface area (Å²) in [6.07, 6.45) is 0. The van der Waals surface area contributed by atoms with Gasteiger partial charge in [0, 0.05) is 23.4 Å². The van der Waals surface area contributed by atoms with Gasteiger partial charge in [-0.1, -0.05) is 0 Å². The van der Waals surface area contributed by atoms with Gasteiger partial charge in [0.1, 0.15) is 5.82 Å². The Bertz CT molecular complexity index is 432. The molecule has 80 valence electrons. The summed E-state index contributed by atoms with van der Waals surface area (Å²) in [6.45, 7) is 1.36. The molecule has 0 saturated heterocycles. The summed E-state index contributed by atoms with van der Waals surface area (Å²) in [4.78, 5) is 9.92. The van der Waals surface area contributed by atoms with Crippen LogP contribution in [0.3, 0.4) is 0 Å². The normalized spacial score (nSPS) is 9.80. The summed E-state index contributed by atoms with van der Waals surface area (Å²) in [5, 5.41) is 17.8. The van der Waals surface area contributed by atoms with Crippen molar-refractivity contribution in [2.45, 2.75) is 6.92 Å². The van der Waals surface area contributed by atoms with Crippen LogP contribution in [0.2, 0.25) is 0 Å². The second kappa shape index (κ2) is 4.04. The van der Waals surface area contributed by atoms with Crippen molar-refractivity contribution in [2.24, 2.45) is 0 Å². The number of hydrogen-bond donors (Lipinski definition) is 1. The lowest BCUT2D eigenvalue weighted by Crippen LogP contribution is -2.01. The van der Waals surface area contributed by atoms with Crippen molar-refractivity contribution in [2.75, 3.05) is 7.11 Å². The molecule has 0 aliphatic rings. The van der Waals surface area contributed by atoms with E-state index in [-0.39, 0.29) is 22.7 Å². The number of nitrogens with zero attached hydrogens (tertiary/aromatic N) is 1. The van der Waals surface area contributed by atoms with Crippen molar-refractivity contribution in [1.29, 1.82) is 5.41 Å². The summed E-state index contributed by atoms with van der Waals surface area (Å²) < 4.78 is 18.0. The zero-order valence-corrected chi connectivity index (χ0v) is 8.20. The fraction of sp³-hybridized carbons (Fsp3) is 0.222. The van der Waals surface area contributed by atoms with Crippen LogP contribution >= 0.6 is 0 Å². The van der Waals surface area contributed by atoms with Gasteiger partial charge < -0.3 is 10.1 Å². The molecule has 1 rings (SSSR count). The number of nitro groups is 1. The van der Waals surface area contributed by atoms with E-state index in [1.165, 1.54) is 14.0 Å². The first-order valence-electron chi connectivity index (χ1n) is 4.04. The topological polar surface area (TPSA) is 76.2 Å². The quantitative estimate of drug-likeness (QED) is 0.473. The fourth-order valence-electron chi connectivity index (χ4n) is 1.14. The van der Waals surface area contributed by atoms with Crippen LogP contribution < -0.4 is 4.74 Å². The molecular formula is C9H9FN2O3. The summed E-state index contributed by atoms with van der Waals surface area (Å²) in [7, 11) is 1.22. The highest BCUT2D eigenvalue weighted by molar-refractivity contribution is 5.97. The molecule has 0 heterocycles. The van der Waals surface area contributed by atoms with E-state index in [2.05, 4.69) is 4.74 Å². The monoisotopic (exact) mass is 212 g/mol. The SMILES string of the molecule is COc1cc(F)c(C(C)=N)cc1[N+](=O)[O-]. The molecule has 0 unspecified atom stereocenters. The molecule has 0 aromatic heterocycles. The number of halogens is 1. The lowest BCUT2D eigenvalue weighted by Gasteiger charge is -2.05. The van der Waals surface area contributed by atoms with Crippen LogP contribution in [0.15, 0.2) is 12.1 Å². The Hall–Kier alpha value is -1.98. The van der Waals surface area contributed by atoms with Gasteiger partial charge in [-0.05, 0) is 6.92 Å². The third-order valence-corrected chi connectivity index (χ3v) is 1.87. The number of rotatable bonds is 3. The minimum atomic E-state index is -0.704. The molecule has 1 N–H and O–H groups in total. The van der Waals surface area contributed by atoms with Crippen molar-refractivity contribution >= 4 is 11.4 Å². The Morgan fingerprint density at radius 1 is 1.60 bits per heavy atom. The molecule has 0 atom stereocenters. The average Bonchev–Trinajstić information content (AvgIpc) is 2.16. The lowest BCUT2D eigenvalue weighted by molar-refractivity contribution is -0.385. The lowest BCUT2D eigenvalue weighted by atomic mass is 10.1. The number of ether oxygens (including phenoxy) is 1. The second-order valence-electron chi connectivity index (χ2n) is 2.89. The largest absolute Gasteiger partial charge is 0.490 e. The molecular weight excluding hydrogens is 203 g/mol. The molecule has 0 radical (unpaired) electrons. The van der Waals surface area contributed by atoms with E-state index in [4.69, 9.17) is 5.41 Å². The highest BCUT2D eigenvalue weighted by atomic mass is 19.1. The van der Waals surface area contributed by atoms with Crippen molar-refractivity contribution in [1.82, 2.24) is 0 Å². The maximum atomic E-state index is 13.3. The molecule has 0 spiro atoms. The minimum Gasteiger partial charge on any atom is -0.490 e. The molecule has 6 heteroatoms. The third-order valence-electron chi connectivity index (χ3n) is 1.87. The molecule has 0 bridgehead atoms. The summed E-state index contributed by atoms with van der Waals surface area (Å²) in [6, 6.07) is 1.90. The Kier molecular flexibility index (Phi) is 2.99. The van der Waals surface area contributed by atoms with Crippen LogP contribution in [0, 0.1) is 21.3 Å². The summed E-state index contributed by atoms with van der Waals surface area (Å²) in [5.74, 6) is -0.854. The predicted molar refractivity (Wildman–Crippen MR) is 52.1 cm³/mol. The van der Waals surface area contributed by atoms with Crippen molar-refractivity contribution in [3.63, 3.8) is 0 Å². The average molecular weight is 212 g/mol. The molecule has 1 aromatic carbocycles. The molecule has 0 fully saturated rings. The number of benzene rings is 1. The Balaban J connectivity index is 3.43.